The second kappa shape index (κ2) is 11.1. The van der Waals surface area contributed by atoms with Crippen LogP contribution in [0.1, 0.15) is 44.0 Å². The van der Waals surface area contributed by atoms with Gasteiger partial charge in [-0.15, -0.1) is 0 Å². The summed E-state index contributed by atoms with van der Waals surface area (Å²) in [4.78, 5) is 20.6. The molecule has 7 heteroatoms. The molecule has 0 radical (unpaired) electrons. The van der Waals surface area contributed by atoms with Gasteiger partial charge in [0.05, 0.1) is 19.9 Å². The zero-order valence-electron chi connectivity index (χ0n) is 23.2. The van der Waals surface area contributed by atoms with Gasteiger partial charge in [0, 0.05) is 5.56 Å². The first-order valence-corrected chi connectivity index (χ1v) is 15.7. The first-order valence-electron chi connectivity index (χ1n) is 12.8. The fourth-order valence-corrected chi connectivity index (χ4v) is 5.35. The molecule has 0 amide bonds. The highest BCUT2D eigenvalue weighted by Crippen LogP contribution is 2.50. The molecule has 0 N–H and O–H groups in total. The lowest BCUT2D eigenvalue weighted by atomic mass is 9.91. The summed E-state index contributed by atoms with van der Waals surface area (Å²) in [6, 6.07) is 26.6. The van der Waals surface area contributed by atoms with Gasteiger partial charge in [-0.05, 0) is 41.9 Å². The quantitative estimate of drug-likeness (QED) is 0.234. The highest BCUT2D eigenvalue weighted by atomic mass is 28.4. The normalized spacial score (nSPS) is 18.2. The maximum absolute atomic E-state index is 13.8. The van der Waals surface area contributed by atoms with Crippen molar-refractivity contribution >= 4 is 20.0 Å². The smallest absolute Gasteiger partial charge is 0.339 e. The van der Waals surface area contributed by atoms with E-state index in [4.69, 9.17) is 18.7 Å². The van der Waals surface area contributed by atoms with E-state index >= 15 is 0 Å². The minimum Gasteiger partial charge on any atom is -0.544 e. The number of nitrogens with zero attached hydrogens (tertiary/aromatic N) is 1. The van der Waals surface area contributed by atoms with Crippen LogP contribution >= 0.6 is 0 Å². The van der Waals surface area contributed by atoms with Crippen LogP contribution in [-0.4, -0.2) is 28.5 Å². The molecule has 1 aliphatic heterocycles. The van der Waals surface area contributed by atoms with Gasteiger partial charge in [0.2, 0.25) is 8.32 Å². The maximum Gasteiger partial charge on any atom is 0.339 e. The molecule has 3 aromatic carbocycles. The summed E-state index contributed by atoms with van der Waals surface area (Å²) in [6.07, 6.45) is -0.661. The Labute approximate surface area is 226 Å². The molecular weight excluding hydrogens is 494 g/mol. The van der Waals surface area contributed by atoms with Crippen LogP contribution in [0.4, 0.5) is 5.69 Å². The third kappa shape index (κ3) is 5.35. The molecule has 2 atom stereocenters. The van der Waals surface area contributed by atoms with Crippen molar-refractivity contribution in [1.82, 2.24) is 0 Å². The molecule has 38 heavy (non-hydrogen) atoms. The van der Waals surface area contributed by atoms with Crippen LogP contribution in [0.2, 0.25) is 18.1 Å². The van der Waals surface area contributed by atoms with E-state index in [0.29, 0.717) is 17.1 Å². The fourth-order valence-electron chi connectivity index (χ4n) is 4.27. The molecule has 3 aromatic rings. The number of anilines is 1. The van der Waals surface area contributed by atoms with E-state index in [1.807, 2.05) is 84.9 Å². The molecule has 0 saturated heterocycles. The largest absolute Gasteiger partial charge is 0.544 e. The van der Waals surface area contributed by atoms with E-state index in [1.54, 1.807) is 12.2 Å². The number of hydrogen-bond acceptors (Lipinski definition) is 6. The SMILES string of the molecule is COC(=O)C1=C(O[Si](C)(C)C(C)(C)C)[C@@H](c2ccccc2)ON(c2ccccc2)[C@H]1c1ccccc1OC. The second-order valence-electron chi connectivity index (χ2n) is 10.8. The molecule has 4 rings (SSSR count). The summed E-state index contributed by atoms with van der Waals surface area (Å²) in [5.74, 6) is 0.644. The second-order valence-corrected chi connectivity index (χ2v) is 15.6. The van der Waals surface area contributed by atoms with Gasteiger partial charge in [-0.3, -0.25) is 4.84 Å². The van der Waals surface area contributed by atoms with Crippen molar-refractivity contribution in [2.24, 2.45) is 0 Å². The lowest BCUT2D eigenvalue weighted by Crippen LogP contribution is -2.46. The third-order valence-electron chi connectivity index (χ3n) is 7.35. The molecule has 0 aromatic heterocycles. The van der Waals surface area contributed by atoms with Crippen molar-refractivity contribution in [2.45, 2.75) is 51.0 Å². The minimum absolute atomic E-state index is 0.112. The van der Waals surface area contributed by atoms with Gasteiger partial charge in [0.25, 0.3) is 0 Å². The number of para-hydroxylation sites is 2. The van der Waals surface area contributed by atoms with E-state index in [2.05, 4.69) is 33.9 Å². The average Bonchev–Trinajstić information content (AvgIpc) is 2.92. The zero-order chi connectivity index (χ0) is 27.5. The van der Waals surface area contributed by atoms with Gasteiger partial charge in [0.15, 0.2) is 6.10 Å². The molecular formula is C31H37NO5Si. The minimum atomic E-state index is -2.42. The number of hydrogen-bond donors (Lipinski definition) is 0. The molecule has 0 bridgehead atoms. The van der Waals surface area contributed by atoms with Gasteiger partial charge in [-0.25, -0.2) is 9.86 Å². The molecule has 1 aliphatic rings. The molecule has 0 aliphatic carbocycles. The Balaban J connectivity index is 2.07. The van der Waals surface area contributed by atoms with Gasteiger partial charge in [0.1, 0.15) is 23.1 Å². The number of hydroxylamine groups is 1. The number of benzene rings is 3. The van der Waals surface area contributed by atoms with Crippen molar-refractivity contribution in [3.63, 3.8) is 0 Å². The van der Waals surface area contributed by atoms with Crippen LogP contribution in [0.5, 0.6) is 5.75 Å². The Morgan fingerprint density at radius 2 is 1.45 bits per heavy atom. The molecule has 200 valence electrons. The van der Waals surface area contributed by atoms with Crippen LogP contribution in [0.25, 0.3) is 0 Å². The number of carbonyl (C=O) groups is 1. The summed E-state index contributed by atoms with van der Waals surface area (Å²) in [5.41, 5.74) is 2.83. The molecule has 6 nitrogen and oxygen atoms in total. The number of ether oxygens (including phenoxy) is 2. The topological polar surface area (TPSA) is 57.2 Å². The molecule has 0 fully saturated rings. The van der Waals surface area contributed by atoms with E-state index in [1.165, 1.54) is 7.11 Å². The van der Waals surface area contributed by atoms with Gasteiger partial charge < -0.3 is 13.9 Å². The average molecular weight is 532 g/mol. The van der Waals surface area contributed by atoms with Crippen LogP contribution in [0.3, 0.4) is 0 Å². The molecule has 1 heterocycles. The summed E-state index contributed by atoms with van der Waals surface area (Å²) < 4.78 is 18.2. The van der Waals surface area contributed by atoms with Gasteiger partial charge in [-0.2, -0.15) is 0 Å². The fraction of sp³-hybridized carbons (Fsp3) is 0.323. The van der Waals surface area contributed by atoms with E-state index in [9.17, 15) is 4.79 Å². The monoisotopic (exact) mass is 531 g/mol. The van der Waals surface area contributed by atoms with Gasteiger partial charge in [-0.1, -0.05) is 87.5 Å². The van der Waals surface area contributed by atoms with Crippen molar-refractivity contribution in [3.05, 3.63) is 107 Å². The Bertz CT molecular complexity index is 1280. The number of carbonyl (C=O) groups excluding carboxylic acids is 1. The highest BCUT2D eigenvalue weighted by molar-refractivity contribution is 6.74. The first kappa shape index (κ1) is 27.5. The molecule has 0 spiro atoms. The summed E-state index contributed by atoms with van der Waals surface area (Å²) >= 11 is 0. The Kier molecular flexibility index (Phi) is 7.99. The standard InChI is InChI=1S/C31H37NO5Si/c1-31(2,3)38(6,7)37-29-26(30(33)35-5)27(24-20-14-15-21-25(24)34-4)32(23-18-12-9-13-19-23)36-28(29)22-16-10-8-11-17-22/h8-21,27-28H,1-7H3/t27-,28+/m0/s1. The van der Waals surface area contributed by atoms with Crippen molar-refractivity contribution in [1.29, 1.82) is 0 Å². The Morgan fingerprint density at radius 3 is 2.03 bits per heavy atom. The number of methoxy groups -OCH3 is 2. The Morgan fingerprint density at radius 1 is 0.868 bits per heavy atom. The van der Waals surface area contributed by atoms with E-state index in [-0.39, 0.29) is 5.04 Å². The van der Waals surface area contributed by atoms with Crippen molar-refractivity contribution < 1.29 is 23.5 Å². The lowest BCUT2D eigenvalue weighted by molar-refractivity contribution is -0.138. The zero-order valence-corrected chi connectivity index (χ0v) is 24.2. The predicted molar refractivity (Wildman–Crippen MR) is 152 cm³/mol. The lowest BCUT2D eigenvalue weighted by Gasteiger charge is -2.45. The van der Waals surface area contributed by atoms with Crippen LogP contribution < -0.4 is 9.80 Å². The highest BCUT2D eigenvalue weighted by Gasteiger charge is 2.48. The molecule has 0 saturated carbocycles. The van der Waals surface area contributed by atoms with Crippen LogP contribution in [0, 0.1) is 0 Å². The summed E-state index contributed by atoms with van der Waals surface area (Å²) in [6.45, 7) is 10.9. The Hall–Kier alpha value is -3.55. The van der Waals surface area contributed by atoms with Crippen LogP contribution in [0.15, 0.2) is 96.3 Å². The molecule has 0 unspecified atom stereocenters. The van der Waals surface area contributed by atoms with Crippen molar-refractivity contribution in [3.8, 4) is 5.75 Å². The van der Waals surface area contributed by atoms with Crippen LogP contribution in [-0.2, 0) is 18.8 Å². The third-order valence-corrected chi connectivity index (χ3v) is 11.7. The van der Waals surface area contributed by atoms with E-state index < -0.39 is 26.4 Å². The summed E-state index contributed by atoms with van der Waals surface area (Å²) in [7, 11) is 0.606. The first-order chi connectivity index (χ1) is 18.1. The maximum atomic E-state index is 13.8. The van der Waals surface area contributed by atoms with Gasteiger partial charge >= 0.3 is 5.97 Å². The van der Waals surface area contributed by atoms with Crippen molar-refractivity contribution in [2.75, 3.05) is 19.3 Å². The number of esters is 1. The summed E-state index contributed by atoms with van der Waals surface area (Å²) in [5, 5.41) is 1.67. The van der Waals surface area contributed by atoms with E-state index in [0.717, 1.165) is 16.8 Å². The predicted octanol–water partition coefficient (Wildman–Crippen LogP) is 7.38. The number of rotatable bonds is 7.